The molecule has 84 valence electrons. The summed E-state index contributed by atoms with van der Waals surface area (Å²) in [5, 5.41) is 3.98. The monoisotopic (exact) mass is 219 g/mol. The molecule has 0 aliphatic carbocycles. The number of anilines is 1. The van der Waals surface area contributed by atoms with Crippen LogP contribution < -0.4 is 10.5 Å². The quantitative estimate of drug-likeness (QED) is 0.830. The molecule has 0 radical (unpaired) electrons. The van der Waals surface area contributed by atoms with Gasteiger partial charge in [0.25, 0.3) is 0 Å². The summed E-state index contributed by atoms with van der Waals surface area (Å²) in [6.07, 6.45) is 3.93. The van der Waals surface area contributed by atoms with E-state index >= 15 is 0 Å². The third-order valence-electron chi connectivity index (χ3n) is 1.97. The fourth-order valence-electron chi connectivity index (χ4n) is 1.21. The number of nitrogens with zero attached hydrogens (tertiary/aromatic N) is 4. The summed E-state index contributed by atoms with van der Waals surface area (Å²) in [5.41, 5.74) is 6.28. The Morgan fingerprint density at radius 1 is 1.44 bits per heavy atom. The van der Waals surface area contributed by atoms with Crippen molar-refractivity contribution in [1.29, 1.82) is 0 Å². The van der Waals surface area contributed by atoms with Crippen molar-refractivity contribution in [3.63, 3.8) is 0 Å². The summed E-state index contributed by atoms with van der Waals surface area (Å²) in [5.74, 6) is 1.08. The molecule has 2 aromatic heterocycles. The first-order valence-corrected chi connectivity index (χ1v) is 5.05. The molecule has 2 heterocycles. The van der Waals surface area contributed by atoms with Crippen LogP contribution in [0.1, 0.15) is 13.3 Å². The molecule has 0 unspecified atom stereocenters. The molecule has 0 atom stereocenters. The van der Waals surface area contributed by atoms with Crippen LogP contribution >= 0.6 is 0 Å². The smallest absolute Gasteiger partial charge is 0.239 e. The first-order valence-electron chi connectivity index (χ1n) is 5.05. The topological polar surface area (TPSA) is 78.8 Å². The van der Waals surface area contributed by atoms with Gasteiger partial charge in [-0.2, -0.15) is 10.1 Å². The van der Waals surface area contributed by atoms with Gasteiger partial charge in [0, 0.05) is 0 Å². The Labute approximate surface area is 93.1 Å². The Kier molecular flexibility index (Phi) is 3.00. The van der Waals surface area contributed by atoms with E-state index in [4.69, 9.17) is 10.5 Å². The summed E-state index contributed by atoms with van der Waals surface area (Å²) in [4.78, 5) is 8.12. The molecule has 0 spiro atoms. The number of pyridine rings is 1. The summed E-state index contributed by atoms with van der Waals surface area (Å²) in [7, 11) is 0. The lowest BCUT2D eigenvalue weighted by molar-refractivity contribution is 0.307. The minimum absolute atomic E-state index is 0.440. The van der Waals surface area contributed by atoms with E-state index in [1.165, 1.54) is 6.33 Å². The number of hydrogen-bond acceptors (Lipinski definition) is 5. The van der Waals surface area contributed by atoms with Crippen molar-refractivity contribution in [3.05, 3.63) is 24.8 Å². The van der Waals surface area contributed by atoms with Crippen LogP contribution in [0, 0.1) is 0 Å². The van der Waals surface area contributed by atoms with E-state index in [0.717, 1.165) is 6.42 Å². The molecule has 16 heavy (non-hydrogen) atoms. The lowest BCUT2D eigenvalue weighted by atomic mass is 10.4. The van der Waals surface area contributed by atoms with Crippen LogP contribution in [-0.4, -0.2) is 26.4 Å². The van der Waals surface area contributed by atoms with Gasteiger partial charge in [0.15, 0.2) is 5.82 Å². The summed E-state index contributed by atoms with van der Waals surface area (Å²) in [6.45, 7) is 2.62. The lowest BCUT2D eigenvalue weighted by Crippen LogP contribution is -2.05. The van der Waals surface area contributed by atoms with Gasteiger partial charge in [-0.3, -0.25) is 0 Å². The summed E-state index contributed by atoms with van der Waals surface area (Å²) in [6, 6.07) is 3.51. The number of aromatic nitrogens is 4. The predicted molar refractivity (Wildman–Crippen MR) is 59.4 cm³/mol. The molecule has 0 fully saturated rings. The highest BCUT2D eigenvalue weighted by molar-refractivity contribution is 5.50. The van der Waals surface area contributed by atoms with Crippen LogP contribution in [0.2, 0.25) is 0 Å². The molecule has 2 aromatic rings. The van der Waals surface area contributed by atoms with E-state index in [9.17, 15) is 0 Å². The van der Waals surface area contributed by atoms with E-state index in [-0.39, 0.29) is 0 Å². The van der Waals surface area contributed by atoms with Gasteiger partial charge in [0.2, 0.25) is 5.88 Å². The van der Waals surface area contributed by atoms with Gasteiger partial charge < -0.3 is 10.5 Å². The normalized spacial score (nSPS) is 10.3. The highest BCUT2D eigenvalue weighted by atomic mass is 16.5. The largest absolute Gasteiger partial charge is 0.476 e. The maximum absolute atomic E-state index is 5.75. The predicted octanol–water partition coefficient (Wildman–Crippen LogP) is 1.03. The maximum atomic E-state index is 5.75. The molecule has 0 aliphatic rings. The molecule has 0 saturated carbocycles. The molecule has 2 N–H and O–H groups in total. The Balaban J connectivity index is 2.28. The van der Waals surface area contributed by atoms with E-state index in [0.29, 0.717) is 24.0 Å². The zero-order chi connectivity index (χ0) is 11.4. The van der Waals surface area contributed by atoms with Crippen LogP contribution in [0.4, 0.5) is 5.69 Å². The Hall–Kier alpha value is -2.11. The van der Waals surface area contributed by atoms with E-state index in [1.807, 2.05) is 6.92 Å². The molecule has 0 aromatic carbocycles. The van der Waals surface area contributed by atoms with Gasteiger partial charge in [-0.05, 0) is 18.6 Å². The molecule has 6 nitrogen and oxygen atoms in total. The third kappa shape index (κ3) is 2.10. The number of nitrogens with two attached hydrogens (primary N) is 1. The van der Waals surface area contributed by atoms with Gasteiger partial charge in [0.1, 0.15) is 12.7 Å². The molecular weight excluding hydrogens is 206 g/mol. The summed E-state index contributed by atoms with van der Waals surface area (Å²) >= 11 is 0. The van der Waals surface area contributed by atoms with Gasteiger partial charge in [-0.25, -0.2) is 9.67 Å². The number of rotatable bonds is 4. The van der Waals surface area contributed by atoms with Crippen molar-refractivity contribution in [3.8, 4) is 11.7 Å². The van der Waals surface area contributed by atoms with Crippen molar-refractivity contribution in [2.45, 2.75) is 13.3 Å². The molecule has 0 aliphatic heterocycles. The van der Waals surface area contributed by atoms with Crippen molar-refractivity contribution in [2.24, 2.45) is 0 Å². The van der Waals surface area contributed by atoms with Crippen molar-refractivity contribution in [2.75, 3.05) is 12.3 Å². The van der Waals surface area contributed by atoms with Gasteiger partial charge in [0.05, 0.1) is 12.3 Å². The third-order valence-corrected chi connectivity index (χ3v) is 1.97. The number of nitrogen functional groups attached to an aromatic ring is 1. The van der Waals surface area contributed by atoms with Crippen molar-refractivity contribution in [1.82, 2.24) is 19.7 Å². The fraction of sp³-hybridized carbons (Fsp3) is 0.300. The first kappa shape index (κ1) is 10.4. The highest BCUT2D eigenvalue weighted by Gasteiger charge is 2.05. The van der Waals surface area contributed by atoms with Gasteiger partial charge >= 0.3 is 0 Å². The Bertz CT molecular complexity index is 454. The van der Waals surface area contributed by atoms with Gasteiger partial charge in [-0.15, -0.1) is 0 Å². The molecule has 0 amide bonds. The number of ether oxygens (including phenoxy) is 1. The van der Waals surface area contributed by atoms with Crippen LogP contribution in [0.15, 0.2) is 24.8 Å². The second-order valence-corrected chi connectivity index (χ2v) is 3.25. The van der Waals surface area contributed by atoms with Gasteiger partial charge in [-0.1, -0.05) is 6.92 Å². The van der Waals surface area contributed by atoms with Crippen molar-refractivity contribution < 1.29 is 4.74 Å². The van der Waals surface area contributed by atoms with Crippen LogP contribution in [0.25, 0.3) is 5.82 Å². The average Bonchev–Trinajstić information content (AvgIpc) is 2.81. The second kappa shape index (κ2) is 4.61. The minimum Gasteiger partial charge on any atom is -0.476 e. The second-order valence-electron chi connectivity index (χ2n) is 3.25. The Morgan fingerprint density at radius 3 is 3.00 bits per heavy atom. The standard InChI is InChI=1S/C10H13N5O/c1-2-5-16-10-8(11)3-4-9(14-10)15-7-12-6-13-15/h3-4,6-7H,2,5,11H2,1H3. The Morgan fingerprint density at radius 2 is 2.31 bits per heavy atom. The zero-order valence-electron chi connectivity index (χ0n) is 9.00. The average molecular weight is 219 g/mol. The molecule has 0 saturated heterocycles. The molecule has 6 heteroatoms. The molecular formula is C10H13N5O. The highest BCUT2D eigenvalue weighted by Crippen LogP contribution is 2.19. The fourth-order valence-corrected chi connectivity index (χ4v) is 1.21. The maximum Gasteiger partial charge on any atom is 0.239 e. The van der Waals surface area contributed by atoms with E-state index < -0.39 is 0 Å². The zero-order valence-corrected chi connectivity index (χ0v) is 9.00. The van der Waals surface area contributed by atoms with Crippen LogP contribution in [-0.2, 0) is 0 Å². The summed E-state index contributed by atoms with van der Waals surface area (Å²) < 4.78 is 6.98. The molecule has 2 rings (SSSR count). The van der Waals surface area contributed by atoms with E-state index in [2.05, 4.69) is 15.1 Å². The first-order chi connectivity index (χ1) is 7.81. The SMILES string of the molecule is CCCOc1nc(-n2cncn2)ccc1N. The van der Waals surface area contributed by atoms with E-state index in [1.54, 1.807) is 23.1 Å². The lowest BCUT2D eigenvalue weighted by Gasteiger charge is -2.08. The number of hydrogen-bond donors (Lipinski definition) is 1. The van der Waals surface area contributed by atoms with Crippen LogP contribution in [0.5, 0.6) is 5.88 Å². The van der Waals surface area contributed by atoms with Crippen LogP contribution in [0.3, 0.4) is 0 Å². The van der Waals surface area contributed by atoms with Crippen molar-refractivity contribution >= 4 is 5.69 Å². The minimum atomic E-state index is 0.440. The molecule has 0 bridgehead atoms.